The summed E-state index contributed by atoms with van der Waals surface area (Å²) < 4.78 is 42.5. The lowest BCUT2D eigenvalue weighted by molar-refractivity contribution is -0.137. The van der Waals surface area contributed by atoms with E-state index < -0.39 is 11.7 Å². The molecule has 1 atom stereocenters. The van der Waals surface area contributed by atoms with Crippen LogP contribution in [0.4, 0.5) is 13.2 Å². The van der Waals surface area contributed by atoms with Crippen molar-refractivity contribution < 1.29 is 22.7 Å². The van der Waals surface area contributed by atoms with E-state index in [1.807, 2.05) is 0 Å². The van der Waals surface area contributed by atoms with Gasteiger partial charge in [0.05, 0.1) is 5.56 Å². The first-order valence-corrected chi connectivity index (χ1v) is 4.81. The number of carbonyl (C=O) groups is 1. The average Bonchev–Trinajstić information content (AvgIpc) is 2.57. The summed E-state index contributed by atoms with van der Waals surface area (Å²) in [5.41, 5.74) is -0.164. The Morgan fingerprint density at radius 2 is 2.19 bits per heavy atom. The normalized spacial score (nSPS) is 19.1. The zero-order valence-corrected chi connectivity index (χ0v) is 8.25. The van der Waals surface area contributed by atoms with Crippen molar-refractivity contribution in [1.29, 1.82) is 0 Å². The van der Waals surface area contributed by atoms with Gasteiger partial charge < -0.3 is 9.53 Å². The Morgan fingerprint density at radius 3 is 2.81 bits per heavy atom. The van der Waals surface area contributed by atoms with Crippen LogP contribution in [0.25, 0.3) is 0 Å². The second-order valence-corrected chi connectivity index (χ2v) is 3.67. The molecule has 1 aromatic carbocycles. The van der Waals surface area contributed by atoms with E-state index in [1.54, 1.807) is 0 Å². The van der Waals surface area contributed by atoms with Crippen LogP contribution in [0.15, 0.2) is 18.2 Å². The molecule has 16 heavy (non-hydrogen) atoms. The molecule has 0 amide bonds. The van der Waals surface area contributed by atoms with E-state index in [0.29, 0.717) is 24.0 Å². The summed E-state index contributed by atoms with van der Waals surface area (Å²) in [6.07, 6.45) is -3.39. The van der Waals surface area contributed by atoms with Crippen LogP contribution in [-0.2, 0) is 17.4 Å². The topological polar surface area (TPSA) is 26.3 Å². The van der Waals surface area contributed by atoms with Gasteiger partial charge in [0.2, 0.25) is 0 Å². The summed E-state index contributed by atoms with van der Waals surface area (Å²) in [5.74, 6) is 0.444. The lowest BCUT2D eigenvalue weighted by Crippen LogP contribution is -2.12. The number of benzene rings is 1. The minimum atomic E-state index is -4.34. The molecule has 1 aromatic rings. The second-order valence-electron chi connectivity index (χ2n) is 3.67. The monoisotopic (exact) mass is 230 g/mol. The SMILES string of the molecule is O=CCC1Cc2cc(C(F)(F)F)ccc2O1. The van der Waals surface area contributed by atoms with E-state index in [4.69, 9.17) is 4.74 Å². The summed E-state index contributed by atoms with van der Waals surface area (Å²) in [4.78, 5) is 10.3. The molecule has 0 N–H and O–H groups in total. The molecule has 1 aliphatic rings. The molecule has 0 aromatic heterocycles. The maximum atomic E-state index is 12.4. The quantitative estimate of drug-likeness (QED) is 0.730. The maximum absolute atomic E-state index is 12.4. The summed E-state index contributed by atoms with van der Waals surface area (Å²) in [7, 11) is 0. The van der Waals surface area contributed by atoms with Crippen LogP contribution in [-0.4, -0.2) is 12.4 Å². The van der Waals surface area contributed by atoms with Gasteiger partial charge >= 0.3 is 6.18 Å². The number of hydrogen-bond donors (Lipinski definition) is 0. The zero-order chi connectivity index (χ0) is 11.8. The van der Waals surface area contributed by atoms with Crippen molar-refractivity contribution >= 4 is 6.29 Å². The molecule has 0 bridgehead atoms. The largest absolute Gasteiger partial charge is 0.489 e. The van der Waals surface area contributed by atoms with Gasteiger partial charge in [-0.2, -0.15) is 13.2 Å². The Kier molecular flexibility index (Phi) is 2.61. The molecule has 2 nitrogen and oxygen atoms in total. The Hall–Kier alpha value is -1.52. The van der Waals surface area contributed by atoms with E-state index in [1.165, 1.54) is 6.07 Å². The highest BCUT2D eigenvalue weighted by Crippen LogP contribution is 2.36. The van der Waals surface area contributed by atoms with Gasteiger partial charge in [0, 0.05) is 12.8 Å². The third kappa shape index (κ3) is 2.03. The van der Waals surface area contributed by atoms with Crippen LogP contribution in [0, 0.1) is 0 Å². The van der Waals surface area contributed by atoms with Gasteiger partial charge in [-0.25, -0.2) is 0 Å². The molecule has 1 unspecified atom stereocenters. The van der Waals surface area contributed by atoms with Crippen molar-refractivity contribution in [1.82, 2.24) is 0 Å². The van der Waals surface area contributed by atoms with E-state index in [0.717, 1.165) is 12.1 Å². The smallest absolute Gasteiger partial charge is 0.416 e. The highest BCUT2D eigenvalue weighted by Gasteiger charge is 2.33. The van der Waals surface area contributed by atoms with Crippen molar-refractivity contribution in [3.63, 3.8) is 0 Å². The van der Waals surface area contributed by atoms with Crippen LogP contribution in [0.2, 0.25) is 0 Å². The van der Waals surface area contributed by atoms with Gasteiger partial charge in [0.15, 0.2) is 0 Å². The first-order chi connectivity index (χ1) is 7.50. The second kappa shape index (κ2) is 3.81. The number of halogens is 3. The van der Waals surface area contributed by atoms with E-state index in [9.17, 15) is 18.0 Å². The number of fused-ring (bicyclic) bond motifs is 1. The van der Waals surface area contributed by atoms with E-state index in [2.05, 4.69) is 0 Å². The lowest BCUT2D eigenvalue weighted by atomic mass is 10.1. The maximum Gasteiger partial charge on any atom is 0.416 e. The highest BCUT2D eigenvalue weighted by molar-refractivity contribution is 5.52. The summed E-state index contributed by atoms with van der Waals surface area (Å²) in [5, 5.41) is 0. The summed E-state index contributed by atoms with van der Waals surface area (Å²) in [6, 6.07) is 3.38. The van der Waals surface area contributed by atoms with Crippen LogP contribution < -0.4 is 4.74 Å². The first kappa shape index (κ1) is 11.0. The van der Waals surface area contributed by atoms with Gasteiger partial charge in [-0.1, -0.05) is 0 Å². The van der Waals surface area contributed by atoms with Crippen LogP contribution in [0.3, 0.4) is 0 Å². The molecule has 86 valence electrons. The van der Waals surface area contributed by atoms with Crippen molar-refractivity contribution in [2.45, 2.75) is 25.1 Å². The van der Waals surface area contributed by atoms with Crippen LogP contribution in [0.1, 0.15) is 17.5 Å². The Morgan fingerprint density at radius 1 is 1.44 bits per heavy atom. The molecule has 5 heteroatoms. The van der Waals surface area contributed by atoms with Crippen molar-refractivity contribution in [3.05, 3.63) is 29.3 Å². The van der Waals surface area contributed by atoms with Gasteiger partial charge in [-0.15, -0.1) is 0 Å². The molecular weight excluding hydrogens is 221 g/mol. The fourth-order valence-electron chi connectivity index (χ4n) is 1.74. The molecular formula is C11H9F3O2. The summed E-state index contributed by atoms with van der Waals surface area (Å²) in [6.45, 7) is 0. The molecule has 1 aliphatic heterocycles. The molecule has 0 fully saturated rings. The molecule has 0 radical (unpaired) electrons. The zero-order valence-electron chi connectivity index (χ0n) is 8.25. The van der Waals surface area contributed by atoms with Crippen LogP contribution >= 0.6 is 0 Å². The van der Waals surface area contributed by atoms with Gasteiger partial charge in [0.1, 0.15) is 18.1 Å². The number of hydrogen-bond acceptors (Lipinski definition) is 2. The minimum Gasteiger partial charge on any atom is -0.489 e. The average molecular weight is 230 g/mol. The Balaban J connectivity index is 2.24. The number of rotatable bonds is 2. The number of carbonyl (C=O) groups excluding carboxylic acids is 1. The van der Waals surface area contributed by atoms with Crippen LogP contribution in [0.5, 0.6) is 5.75 Å². The predicted molar refractivity (Wildman–Crippen MR) is 50.2 cm³/mol. The standard InChI is InChI=1S/C11H9F3O2/c12-11(13,14)8-1-2-10-7(5-8)6-9(16-10)3-4-15/h1-2,4-5,9H,3,6H2. The first-order valence-electron chi connectivity index (χ1n) is 4.81. The van der Waals surface area contributed by atoms with Crippen molar-refractivity contribution in [3.8, 4) is 5.75 Å². The van der Waals surface area contributed by atoms with Gasteiger partial charge in [-0.3, -0.25) is 0 Å². The van der Waals surface area contributed by atoms with Gasteiger partial charge in [-0.05, 0) is 23.8 Å². The van der Waals surface area contributed by atoms with Crippen molar-refractivity contribution in [2.75, 3.05) is 0 Å². The molecule has 1 heterocycles. The van der Waals surface area contributed by atoms with Crippen molar-refractivity contribution in [2.24, 2.45) is 0 Å². The molecule has 0 saturated carbocycles. The molecule has 2 rings (SSSR count). The Labute approximate surface area is 90.0 Å². The number of alkyl halides is 3. The minimum absolute atomic E-state index is 0.204. The molecule has 0 aliphatic carbocycles. The molecule has 0 spiro atoms. The lowest BCUT2D eigenvalue weighted by Gasteiger charge is -2.07. The predicted octanol–water partition coefficient (Wildman–Crippen LogP) is 2.60. The van der Waals surface area contributed by atoms with E-state index >= 15 is 0 Å². The fraction of sp³-hybridized carbons (Fsp3) is 0.364. The highest BCUT2D eigenvalue weighted by atomic mass is 19.4. The third-order valence-corrected chi connectivity index (χ3v) is 2.49. The summed E-state index contributed by atoms with van der Waals surface area (Å²) >= 11 is 0. The Bertz CT molecular complexity index is 412. The molecule has 0 saturated heterocycles. The third-order valence-electron chi connectivity index (χ3n) is 2.49. The van der Waals surface area contributed by atoms with E-state index in [-0.39, 0.29) is 12.5 Å². The van der Waals surface area contributed by atoms with Gasteiger partial charge in [0.25, 0.3) is 0 Å². The fourth-order valence-corrected chi connectivity index (χ4v) is 1.74. The number of aldehydes is 1. The number of ether oxygens (including phenoxy) is 1.